The van der Waals surface area contributed by atoms with Gasteiger partial charge in [-0.1, -0.05) is 13.8 Å². The van der Waals surface area contributed by atoms with Crippen molar-refractivity contribution in [2.45, 2.75) is 33.2 Å². The van der Waals surface area contributed by atoms with Crippen molar-refractivity contribution >= 4 is 5.91 Å². The van der Waals surface area contributed by atoms with Gasteiger partial charge >= 0.3 is 0 Å². The summed E-state index contributed by atoms with van der Waals surface area (Å²) in [6, 6.07) is 5.48. The minimum absolute atomic E-state index is 0.117. The van der Waals surface area contributed by atoms with Gasteiger partial charge in [-0.15, -0.1) is 0 Å². The monoisotopic (exact) mass is 308 g/mol. The van der Waals surface area contributed by atoms with E-state index in [2.05, 4.69) is 24.5 Å². The van der Waals surface area contributed by atoms with E-state index in [4.69, 9.17) is 9.47 Å². The van der Waals surface area contributed by atoms with Crippen LogP contribution in [0.25, 0.3) is 0 Å². The van der Waals surface area contributed by atoms with Gasteiger partial charge in [0.2, 0.25) is 0 Å². The molecular formula is C17H28N2O3. The second-order valence-corrected chi connectivity index (χ2v) is 5.80. The maximum atomic E-state index is 12.1. The standard InChI is InChI=1S/C17H28N2O3/c1-12(2)8-9-22-15-7-6-14(10-16(15)21-5)17(20)19-11-13(3)18-4/h6-7,10,12-13,18H,8-9,11H2,1-5H3,(H,19,20). The lowest BCUT2D eigenvalue weighted by Gasteiger charge is -2.14. The molecule has 1 unspecified atom stereocenters. The van der Waals surface area contributed by atoms with Crippen LogP contribution < -0.4 is 20.1 Å². The molecule has 5 nitrogen and oxygen atoms in total. The lowest BCUT2D eigenvalue weighted by molar-refractivity contribution is 0.0950. The van der Waals surface area contributed by atoms with Crippen LogP contribution in [0.3, 0.4) is 0 Å². The number of carbonyl (C=O) groups is 1. The fraction of sp³-hybridized carbons (Fsp3) is 0.588. The van der Waals surface area contributed by atoms with Crippen molar-refractivity contribution in [3.8, 4) is 11.5 Å². The third-order valence-electron chi connectivity index (χ3n) is 3.44. The van der Waals surface area contributed by atoms with Gasteiger partial charge in [0.15, 0.2) is 11.5 Å². The number of hydrogen-bond donors (Lipinski definition) is 2. The zero-order valence-electron chi connectivity index (χ0n) is 14.2. The van der Waals surface area contributed by atoms with Gasteiger partial charge in [-0.3, -0.25) is 4.79 Å². The van der Waals surface area contributed by atoms with Crippen molar-refractivity contribution in [3.05, 3.63) is 23.8 Å². The Bertz CT molecular complexity index is 475. The average molecular weight is 308 g/mol. The van der Waals surface area contributed by atoms with Crippen molar-refractivity contribution in [3.63, 3.8) is 0 Å². The zero-order chi connectivity index (χ0) is 16.5. The SMILES string of the molecule is CNC(C)CNC(=O)c1ccc(OCCC(C)C)c(OC)c1. The minimum Gasteiger partial charge on any atom is -0.493 e. The maximum Gasteiger partial charge on any atom is 0.251 e. The maximum absolute atomic E-state index is 12.1. The molecule has 0 saturated heterocycles. The van der Waals surface area contributed by atoms with Crippen LogP contribution in [0.1, 0.15) is 37.6 Å². The number of methoxy groups -OCH3 is 1. The normalized spacial score (nSPS) is 12.1. The molecular weight excluding hydrogens is 280 g/mol. The summed E-state index contributed by atoms with van der Waals surface area (Å²) < 4.78 is 11.0. The molecule has 5 heteroatoms. The smallest absolute Gasteiger partial charge is 0.251 e. The summed E-state index contributed by atoms with van der Waals surface area (Å²) >= 11 is 0. The molecule has 0 aliphatic carbocycles. The summed E-state index contributed by atoms with van der Waals surface area (Å²) in [4.78, 5) is 12.1. The Morgan fingerprint density at radius 3 is 2.55 bits per heavy atom. The topological polar surface area (TPSA) is 59.6 Å². The minimum atomic E-state index is -0.117. The molecule has 0 fully saturated rings. The second-order valence-electron chi connectivity index (χ2n) is 5.80. The zero-order valence-corrected chi connectivity index (χ0v) is 14.2. The Labute approximate surface area is 133 Å². The summed E-state index contributed by atoms with van der Waals surface area (Å²) in [5, 5.41) is 5.96. The number of ether oxygens (including phenoxy) is 2. The number of amides is 1. The highest BCUT2D eigenvalue weighted by atomic mass is 16.5. The highest BCUT2D eigenvalue weighted by molar-refractivity contribution is 5.94. The van der Waals surface area contributed by atoms with Gasteiger partial charge < -0.3 is 20.1 Å². The Kier molecular flexibility index (Phi) is 7.74. The summed E-state index contributed by atoms with van der Waals surface area (Å²) in [6.45, 7) is 7.52. The average Bonchev–Trinajstić information content (AvgIpc) is 2.51. The number of hydrogen-bond acceptors (Lipinski definition) is 4. The van der Waals surface area contributed by atoms with Crippen LogP contribution in [0.2, 0.25) is 0 Å². The Morgan fingerprint density at radius 1 is 1.23 bits per heavy atom. The highest BCUT2D eigenvalue weighted by Gasteiger charge is 2.12. The van der Waals surface area contributed by atoms with Gasteiger partial charge in [-0.2, -0.15) is 0 Å². The van der Waals surface area contributed by atoms with Gasteiger partial charge in [0.1, 0.15) is 0 Å². The number of carbonyl (C=O) groups excluding carboxylic acids is 1. The molecule has 1 rings (SSSR count). The van der Waals surface area contributed by atoms with E-state index < -0.39 is 0 Å². The number of likely N-dealkylation sites (N-methyl/N-ethyl adjacent to an activating group) is 1. The van der Waals surface area contributed by atoms with Crippen molar-refractivity contribution < 1.29 is 14.3 Å². The third-order valence-corrected chi connectivity index (χ3v) is 3.44. The molecule has 1 amide bonds. The van der Waals surface area contributed by atoms with E-state index in [9.17, 15) is 4.79 Å². The molecule has 1 aromatic carbocycles. The summed E-state index contributed by atoms with van der Waals surface area (Å²) in [5.41, 5.74) is 0.566. The largest absolute Gasteiger partial charge is 0.493 e. The molecule has 22 heavy (non-hydrogen) atoms. The van der Waals surface area contributed by atoms with E-state index in [0.29, 0.717) is 36.1 Å². The fourth-order valence-electron chi connectivity index (χ4n) is 1.78. The second kappa shape index (κ2) is 9.30. The van der Waals surface area contributed by atoms with E-state index in [1.165, 1.54) is 0 Å². The molecule has 124 valence electrons. The lowest BCUT2D eigenvalue weighted by atomic mass is 10.1. The number of nitrogens with one attached hydrogen (secondary N) is 2. The van der Waals surface area contributed by atoms with Gasteiger partial charge in [-0.05, 0) is 44.5 Å². The van der Waals surface area contributed by atoms with Gasteiger partial charge in [0.05, 0.1) is 13.7 Å². The van der Waals surface area contributed by atoms with Crippen molar-refractivity contribution in [2.75, 3.05) is 27.3 Å². The molecule has 2 N–H and O–H groups in total. The molecule has 0 heterocycles. The van der Waals surface area contributed by atoms with E-state index >= 15 is 0 Å². The molecule has 0 aromatic heterocycles. The highest BCUT2D eigenvalue weighted by Crippen LogP contribution is 2.28. The van der Waals surface area contributed by atoms with Crippen LogP contribution in [0.15, 0.2) is 18.2 Å². The molecule has 0 saturated carbocycles. The van der Waals surface area contributed by atoms with E-state index in [-0.39, 0.29) is 11.9 Å². The van der Waals surface area contributed by atoms with Crippen molar-refractivity contribution in [1.29, 1.82) is 0 Å². The summed E-state index contributed by atoms with van der Waals surface area (Å²) in [6.07, 6.45) is 0.979. The lowest BCUT2D eigenvalue weighted by Crippen LogP contribution is -2.37. The first-order chi connectivity index (χ1) is 10.5. The predicted molar refractivity (Wildman–Crippen MR) is 88.8 cm³/mol. The van der Waals surface area contributed by atoms with Crippen molar-refractivity contribution in [2.24, 2.45) is 5.92 Å². The fourth-order valence-corrected chi connectivity index (χ4v) is 1.78. The van der Waals surface area contributed by atoms with Crippen LogP contribution in [0.4, 0.5) is 0 Å². The van der Waals surface area contributed by atoms with Crippen LogP contribution in [-0.4, -0.2) is 39.3 Å². The predicted octanol–water partition coefficient (Wildman–Crippen LogP) is 2.46. The molecule has 1 aromatic rings. The molecule has 0 aliphatic rings. The van der Waals surface area contributed by atoms with Crippen LogP contribution >= 0.6 is 0 Å². The first-order valence-electron chi connectivity index (χ1n) is 7.74. The van der Waals surface area contributed by atoms with Crippen LogP contribution in [-0.2, 0) is 0 Å². The molecule has 0 bridgehead atoms. The first-order valence-corrected chi connectivity index (χ1v) is 7.74. The van der Waals surface area contributed by atoms with Gasteiger partial charge in [0.25, 0.3) is 5.91 Å². The Morgan fingerprint density at radius 2 is 1.95 bits per heavy atom. The van der Waals surface area contributed by atoms with Gasteiger partial charge in [-0.25, -0.2) is 0 Å². The Hall–Kier alpha value is -1.75. The quantitative estimate of drug-likeness (QED) is 0.736. The third kappa shape index (κ3) is 5.93. The summed E-state index contributed by atoms with van der Waals surface area (Å²) in [7, 11) is 3.44. The van der Waals surface area contributed by atoms with Gasteiger partial charge in [0, 0.05) is 18.2 Å². The van der Waals surface area contributed by atoms with E-state index in [0.717, 1.165) is 6.42 Å². The van der Waals surface area contributed by atoms with Crippen molar-refractivity contribution in [1.82, 2.24) is 10.6 Å². The number of rotatable bonds is 9. The summed E-state index contributed by atoms with van der Waals surface area (Å²) in [5.74, 6) is 1.72. The van der Waals surface area contributed by atoms with Crippen LogP contribution in [0, 0.1) is 5.92 Å². The van der Waals surface area contributed by atoms with E-state index in [1.54, 1.807) is 25.3 Å². The Balaban J connectivity index is 2.68. The van der Waals surface area contributed by atoms with Crippen LogP contribution in [0.5, 0.6) is 11.5 Å². The first kappa shape index (κ1) is 18.3. The van der Waals surface area contributed by atoms with E-state index in [1.807, 2.05) is 14.0 Å². The molecule has 0 radical (unpaired) electrons. The number of benzene rings is 1. The molecule has 1 atom stereocenters. The molecule has 0 spiro atoms. The molecule has 0 aliphatic heterocycles.